The van der Waals surface area contributed by atoms with Gasteiger partial charge in [-0.15, -0.1) is 0 Å². The fraction of sp³-hybridized carbons (Fsp3) is 0.714. The largest absolute Gasteiger partial charge is 0.493 e. The first-order chi connectivity index (χ1) is 12.7. The Morgan fingerprint density at radius 1 is 1.00 bits per heavy atom. The first kappa shape index (κ1) is 22.7. The van der Waals surface area contributed by atoms with Gasteiger partial charge in [-0.05, 0) is 63.1 Å². The van der Waals surface area contributed by atoms with E-state index >= 15 is 0 Å². The lowest BCUT2D eigenvalue weighted by molar-refractivity contribution is 0.196. The van der Waals surface area contributed by atoms with Crippen molar-refractivity contribution in [1.82, 2.24) is 10.2 Å². The Morgan fingerprint density at radius 2 is 1.69 bits per heavy atom. The van der Waals surface area contributed by atoms with Crippen molar-refractivity contribution >= 4 is 0 Å². The van der Waals surface area contributed by atoms with Crippen LogP contribution in [0.2, 0.25) is 0 Å². The van der Waals surface area contributed by atoms with Crippen LogP contribution in [0.15, 0.2) is 18.2 Å². The predicted octanol–water partition coefficient (Wildman–Crippen LogP) is 3.45. The number of benzene rings is 1. The summed E-state index contributed by atoms with van der Waals surface area (Å²) in [6, 6.07) is 5.94. The summed E-state index contributed by atoms with van der Waals surface area (Å²) >= 11 is 0. The smallest absolute Gasteiger partial charge is 0.161 e. The van der Waals surface area contributed by atoms with Crippen LogP contribution in [0.5, 0.6) is 11.5 Å². The Labute approximate surface area is 159 Å². The van der Waals surface area contributed by atoms with Crippen LogP contribution < -0.4 is 14.8 Å². The number of unbranched alkanes of at least 4 members (excludes halogenated alkanes) is 2. The van der Waals surface area contributed by atoms with E-state index in [1.54, 1.807) is 7.11 Å². The second-order valence-electron chi connectivity index (χ2n) is 6.64. The summed E-state index contributed by atoms with van der Waals surface area (Å²) in [6.07, 6.45) is 6.28. The SMILES string of the molecule is CCCCN(CCCC)CCCNCc1ccc(OCCO)c(OC)c1. The summed E-state index contributed by atoms with van der Waals surface area (Å²) in [5.74, 6) is 1.39. The van der Waals surface area contributed by atoms with Crippen molar-refractivity contribution in [1.29, 1.82) is 0 Å². The third kappa shape index (κ3) is 9.41. The fourth-order valence-corrected chi connectivity index (χ4v) is 2.86. The molecule has 0 aliphatic carbocycles. The number of nitrogens with one attached hydrogen (secondary N) is 1. The molecular weight excluding hydrogens is 328 g/mol. The van der Waals surface area contributed by atoms with Crippen molar-refractivity contribution in [3.63, 3.8) is 0 Å². The topological polar surface area (TPSA) is 54.0 Å². The minimum atomic E-state index is -0.00000880. The zero-order valence-electron chi connectivity index (χ0n) is 16.9. The first-order valence-corrected chi connectivity index (χ1v) is 10.1. The van der Waals surface area contributed by atoms with Gasteiger partial charge < -0.3 is 24.8 Å². The molecule has 1 aromatic rings. The Hall–Kier alpha value is -1.30. The van der Waals surface area contributed by atoms with Gasteiger partial charge >= 0.3 is 0 Å². The van der Waals surface area contributed by atoms with Crippen molar-refractivity contribution < 1.29 is 14.6 Å². The van der Waals surface area contributed by atoms with E-state index in [0.29, 0.717) is 11.5 Å². The summed E-state index contributed by atoms with van der Waals surface area (Å²) in [5.41, 5.74) is 1.17. The van der Waals surface area contributed by atoms with Crippen LogP contribution in [-0.2, 0) is 6.54 Å². The number of nitrogens with zero attached hydrogens (tertiary/aromatic N) is 1. The van der Waals surface area contributed by atoms with E-state index < -0.39 is 0 Å². The minimum Gasteiger partial charge on any atom is -0.493 e. The highest BCUT2D eigenvalue weighted by atomic mass is 16.5. The molecule has 0 spiro atoms. The maximum absolute atomic E-state index is 8.87. The van der Waals surface area contributed by atoms with E-state index in [1.807, 2.05) is 18.2 Å². The summed E-state index contributed by atoms with van der Waals surface area (Å²) in [6.45, 7) is 10.2. The molecule has 2 N–H and O–H groups in total. The van der Waals surface area contributed by atoms with Gasteiger partial charge in [-0.1, -0.05) is 32.8 Å². The Bertz CT molecular complexity index is 461. The second-order valence-corrected chi connectivity index (χ2v) is 6.64. The van der Waals surface area contributed by atoms with Gasteiger partial charge in [-0.3, -0.25) is 0 Å². The van der Waals surface area contributed by atoms with Crippen LogP contribution in [0.3, 0.4) is 0 Å². The van der Waals surface area contributed by atoms with Crippen molar-refractivity contribution in [2.24, 2.45) is 0 Å². The third-order valence-corrected chi connectivity index (χ3v) is 4.39. The molecule has 150 valence electrons. The monoisotopic (exact) mass is 366 g/mol. The molecule has 1 rings (SSSR count). The van der Waals surface area contributed by atoms with Crippen LogP contribution in [-0.4, -0.2) is 56.5 Å². The number of rotatable bonds is 16. The van der Waals surface area contributed by atoms with Gasteiger partial charge in [0.2, 0.25) is 0 Å². The molecule has 0 heterocycles. The summed E-state index contributed by atoms with van der Waals surface area (Å²) in [5, 5.41) is 12.4. The standard InChI is InChI=1S/C21H38N2O3/c1-4-6-12-23(13-7-5-2)14-8-11-22-18-19-9-10-20(26-16-15-24)21(17-19)25-3/h9-10,17,22,24H,4-8,11-16,18H2,1-3H3. The molecule has 0 aliphatic rings. The van der Waals surface area contributed by atoms with Crippen molar-refractivity contribution in [3.8, 4) is 11.5 Å². The molecule has 0 aromatic heterocycles. The van der Waals surface area contributed by atoms with Gasteiger partial charge in [0.1, 0.15) is 6.61 Å². The molecule has 0 atom stereocenters. The van der Waals surface area contributed by atoms with E-state index in [4.69, 9.17) is 14.6 Å². The summed E-state index contributed by atoms with van der Waals surface area (Å²) < 4.78 is 10.8. The third-order valence-electron chi connectivity index (χ3n) is 4.39. The molecule has 0 bridgehead atoms. The number of aliphatic hydroxyl groups is 1. The van der Waals surface area contributed by atoms with Crippen LogP contribution in [0, 0.1) is 0 Å². The predicted molar refractivity (Wildman–Crippen MR) is 108 cm³/mol. The lowest BCUT2D eigenvalue weighted by atomic mass is 10.2. The van der Waals surface area contributed by atoms with Crippen molar-refractivity contribution in [2.75, 3.05) is 46.5 Å². The van der Waals surface area contributed by atoms with E-state index in [-0.39, 0.29) is 13.2 Å². The Morgan fingerprint density at radius 3 is 2.31 bits per heavy atom. The molecule has 0 aliphatic heterocycles. The molecular formula is C21H38N2O3. The van der Waals surface area contributed by atoms with Gasteiger partial charge in [0.05, 0.1) is 13.7 Å². The number of hydrogen-bond donors (Lipinski definition) is 2. The lowest BCUT2D eigenvalue weighted by Gasteiger charge is -2.22. The molecule has 0 radical (unpaired) electrons. The Balaban J connectivity index is 2.33. The zero-order chi connectivity index (χ0) is 19.0. The molecule has 0 saturated heterocycles. The minimum absolute atomic E-state index is 0.00000880. The highest BCUT2D eigenvalue weighted by molar-refractivity contribution is 5.42. The van der Waals surface area contributed by atoms with E-state index in [1.165, 1.54) is 57.3 Å². The van der Waals surface area contributed by atoms with Gasteiger partial charge in [0.15, 0.2) is 11.5 Å². The van der Waals surface area contributed by atoms with Crippen molar-refractivity contribution in [2.45, 2.75) is 52.5 Å². The maximum atomic E-state index is 8.87. The van der Waals surface area contributed by atoms with Gasteiger partial charge in [0, 0.05) is 6.54 Å². The summed E-state index contributed by atoms with van der Waals surface area (Å²) in [7, 11) is 1.64. The molecule has 26 heavy (non-hydrogen) atoms. The molecule has 0 amide bonds. The van der Waals surface area contributed by atoms with E-state index in [2.05, 4.69) is 24.1 Å². The lowest BCUT2D eigenvalue weighted by Crippen LogP contribution is -2.29. The number of hydrogen-bond acceptors (Lipinski definition) is 5. The number of methoxy groups -OCH3 is 1. The molecule has 1 aromatic carbocycles. The van der Waals surface area contributed by atoms with Crippen LogP contribution in [0.1, 0.15) is 51.5 Å². The van der Waals surface area contributed by atoms with Crippen LogP contribution in [0.4, 0.5) is 0 Å². The first-order valence-electron chi connectivity index (χ1n) is 10.1. The van der Waals surface area contributed by atoms with Crippen LogP contribution >= 0.6 is 0 Å². The number of aliphatic hydroxyl groups excluding tert-OH is 1. The zero-order valence-corrected chi connectivity index (χ0v) is 16.9. The molecule has 0 unspecified atom stereocenters. The van der Waals surface area contributed by atoms with Crippen LogP contribution in [0.25, 0.3) is 0 Å². The number of ether oxygens (including phenoxy) is 2. The Kier molecular flexibility index (Phi) is 13.0. The van der Waals surface area contributed by atoms with Gasteiger partial charge in [0.25, 0.3) is 0 Å². The molecule has 0 saturated carbocycles. The van der Waals surface area contributed by atoms with E-state index in [9.17, 15) is 0 Å². The summed E-state index contributed by atoms with van der Waals surface area (Å²) in [4.78, 5) is 2.60. The maximum Gasteiger partial charge on any atom is 0.161 e. The average molecular weight is 367 g/mol. The second kappa shape index (κ2) is 14.8. The molecule has 5 heteroatoms. The quantitative estimate of drug-likeness (QED) is 0.439. The normalized spacial score (nSPS) is 11.1. The van der Waals surface area contributed by atoms with Crippen molar-refractivity contribution in [3.05, 3.63) is 23.8 Å². The highest BCUT2D eigenvalue weighted by Crippen LogP contribution is 2.27. The van der Waals surface area contributed by atoms with Gasteiger partial charge in [-0.25, -0.2) is 0 Å². The molecule has 0 fully saturated rings. The van der Waals surface area contributed by atoms with Gasteiger partial charge in [-0.2, -0.15) is 0 Å². The highest BCUT2D eigenvalue weighted by Gasteiger charge is 2.06. The molecule has 5 nitrogen and oxygen atoms in total. The van der Waals surface area contributed by atoms with E-state index in [0.717, 1.165) is 13.1 Å². The average Bonchev–Trinajstić information content (AvgIpc) is 2.67. The fourth-order valence-electron chi connectivity index (χ4n) is 2.86.